The first kappa shape index (κ1) is 13.9. The predicted molar refractivity (Wildman–Crippen MR) is 81.7 cm³/mol. The van der Waals surface area contributed by atoms with Crippen LogP contribution in [0.1, 0.15) is 42.9 Å². The van der Waals surface area contributed by atoms with Crippen LogP contribution in [0, 0.1) is 6.92 Å². The maximum Gasteiger partial charge on any atom is 0.199 e. The average molecular weight is 354 g/mol. The molecule has 0 aromatic carbocycles. The number of hydrogen-bond acceptors (Lipinski definition) is 4. The van der Waals surface area contributed by atoms with Crippen LogP contribution in [-0.4, -0.2) is 19.9 Å². The van der Waals surface area contributed by atoms with Gasteiger partial charge in [-0.25, -0.2) is 19.9 Å². The monoisotopic (exact) mass is 352 g/mol. The van der Waals surface area contributed by atoms with E-state index in [1.165, 1.54) is 12.8 Å². The molecule has 2 heterocycles. The Bertz CT molecular complexity index is 624. The number of hydrogen-bond donors (Lipinski definition) is 0. The Balaban J connectivity index is 2.05. The van der Waals surface area contributed by atoms with Gasteiger partial charge in [-0.15, -0.1) is 0 Å². The average Bonchev–Trinajstić information content (AvgIpc) is 2.96. The van der Waals surface area contributed by atoms with E-state index >= 15 is 0 Å². The first-order valence-electron chi connectivity index (χ1n) is 6.67. The normalized spacial score (nSPS) is 15.8. The highest BCUT2D eigenvalue weighted by molar-refractivity contribution is 9.10. The fraction of sp³-hybridized carbons (Fsp3) is 0.429. The molecule has 0 saturated heterocycles. The molecule has 0 atom stereocenters. The molecule has 0 bridgehead atoms. The fourth-order valence-corrected chi connectivity index (χ4v) is 3.19. The minimum absolute atomic E-state index is 0.432. The summed E-state index contributed by atoms with van der Waals surface area (Å²) in [6, 6.07) is 0. The van der Waals surface area contributed by atoms with Gasteiger partial charge in [0.15, 0.2) is 11.6 Å². The highest BCUT2D eigenvalue weighted by atomic mass is 79.9. The number of aromatic nitrogens is 4. The summed E-state index contributed by atoms with van der Waals surface area (Å²) in [7, 11) is 0. The van der Waals surface area contributed by atoms with E-state index in [4.69, 9.17) is 11.6 Å². The van der Waals surface area contributed by atoms with Crippen LogP contribution in [-0.2, 0) is 0 Å². The molecule has 1 aliphatic rings. The topological polar surface area (TPSA) is 51.6 Å². The Morgan fingerprint density at radius 2 is 1.75 bits per heavy atom. The lowest BCUT2D eigenvalue weighted by molar-refractivity contribution is 0.690. The summed E-state index contributed by atoms with van der Waals surface area (Å²) in [4.78, 5) is 17.5. The van der Waals surface area contributed by atoms with Gasteiger partial charge in [-0.05, 0) is 41.3 Å². The van der Waals surface area contributed by atoms with E-state index in [1.54, 1.807) is 12.4 Å². The molecule has 0 amide bonds. The van der Waals surface area contributed by atoms with Gasteiger partial charge < -0.3 is 0 Å². The molecule has 0 unspecified atom stereocenters. The van der Waals surface area contributed by atoms with E-state index < -0.39 is 0 Å². The van der Waals surface area contributed by atoms with Crippen LogP contribution in [0.25, 0.3) is 11.6 Å². The Labute approximate surface area is 131 Å². The van der Waals surface area contributed by atoms with Crippen LogP contribution < -0.4 is 0 Å². The third kappa shape index (κ3) is 2.69. The summed E-state index contributed by atoms with van der Waals surface area (Å²) in [5.74, 6) is 1.47. The first-order valence-corrected chi connectivity index (χ1v) is 7.84. The second kappa shape index (κ2) is 5.74. The number of rotatable bonds is 2. The molecule has 6 heteroatoms. The van der Waals surface area contributed by atoms with Crippen LogP contribution in [0.5, 0.6) is 0 Å². The molecule has 2 aromatic heterocycles. The lowest BCUT2D eigenvalue weighted by Crippen LogP contribution is -2.04. The minimum atomic E-state index is 0.432. The molecular weight excluding hydrogens is 340 g/mol. The third-order valence-corrected chi connectivity index (χ3v) is 4.84. The van der Waals surface area contributed by atoms with Gasteiger partial charge in [0.2, 0.25) is 0 Å². The van der Waals surface area contributed by atoms with Crippen molar-refractivity contribution >= 4 is 27.5 Å². The van der Waals surface area contributed by atoms with Crippen molar-refractivity contribution in [1.29, 1.82) is 0 Å². The minimum Gasteiger partial charge on any atom is -0.234 e. The van der Waals surface area contributed by atoms with E-state index in [0.717, 1.165) is 28.6 Å². The zero-order valence-corrected chi connectivity index (χ0v) is 13.4. The number of halogens is 2. The smallest absolute Gasteiger partial charge is 0.199 e. The Kier molecular flexibility index (Phi) is 3.98. The van der Waals surface area contributed by atoms with Crippen LogP contribution in [0.4, 0.5) is 0 Å². The predicted octanol–water partition coefficient (Wildman–Crippen LogP) is 4.32. The van der Waals surface area contributed by atoms with Gasteiger partial charge in [0, 0.05) is 18.3 Å². The molecule has 0 spiro atoms. The third-order valence-electron chi connectivity index (χ3n) is 3.56. The number of nitrogens with zero attached hydrogens (tertiary/aromatic N) is 4. The first-order chi connectivity index (χ1) is 9.65. The highest BCUT2D eigenvalue weighted by Crippen LogP contribution is 2.39. The lowest BCUT2D eigenvalue weighted by Gasteiger charge is -2.12. The van der Waals surface area contributed by atoms with Crippen molar-refractivity contribution in [2.75, 3.05) is 0 Å². The van der Waals surface area contributed by atoms with Crippen LogP contribution >= 0.6 is 27.5 Å². The van der Waals surface area contributed by atoms with Crippen molar-refractivity contribution in [3.05, 3.63) is 33.3 Å². The Morgan fingerprint density at radius 1 is 1.10 bits per heavy atom. The summed E-state index contributed by atoms with van der Waals surface area (Å²) < 4.78 is 0.807. The molecule has 1 saturated carbocycles. The van der Waals surface area contributed by atoms with Crippen molar-refractivity contribution in [3.63, 3.8) is 0 Å². The van der Waals surface area contributed by atoms with Crippen LogP contribution in [0.2, 0.25) is 5.15 Å². The van der Waals surface area contributed by atoms with E-state index in [-0.39, 0.29) is 0 Å². The maximum atomic E-state index is 6.23. The molecule has 2 aromatic rings. The second-order valence-corrected chi connectivity index (χ2v) is 6.25. The SMILES string of the molecule is Cc1cnc(-c2nc(Cl)c(Br)c(C3CCCC3)n2)nc1. The van der Waals surface area contributed by atoms with Gasteiger partial charge >= 0.3 is 0 Å². The molecule has 104 valence electrons. The van der Waals surface area contributed by atoms with E-state index in [1.807, 2.05) is 6.92 Å². The van der Waals surface area contributed by atoms with Gasteiger partial charge in [-0.1, -0.05) is 24.4 Å². The summed E-state index contributed by atoms with van der Waals surface area (Å²) in [5, 5.41) is 0.432. The summed E-state index contributed by atoms with van der Waals surface area (Å²) in [5.41, 5.74) is 2.00. The largest absolute Gasteiger partial charge is 0.234 e. The van der Waals surface area contributed by atoms with Crippen LogP contribution in [0.3, 0.4) is 0 Å². The van der Waals surface area contributed by atoms with Gasteiger partial charge in [-0.3, -0.25) is 0 Å². The van der Waals surface area contributed by atoms with E-state index in [2.05, 4.69) is 35.9 Å². The standard InChI is InChI=1S/C14H14BrClN4/c1-8-6-17-13(18-7-8)14-19-11(9-4-2-3-5-9)10(15)12(16)20-14/h6-7,9H,2-5H2,1H3. The molecule has 4 nitrogen and oxygen atoms in total. The van der Waals surface area contributed by atoms with E-state index in [9.17, 15) is 0 Å². The molecule has 3 rings (SSSR count). The summed E-state index contributed by atoms with van der Waals surface area (Å²) in [6.07, 6.45) is 8.32. The molecule has 0 aliphatic heterocycles. The van der Waals surface area contributed by atoms with Crippen molar-refractivity contribution in [3.8, 4) is 11.6 Å². The highest BCUT2D eigenvalue weighted by Gasteiger charge is 2.24. The zero-order valence-electron chi connectivity index (χ0n) is 11.1. The fourth-order valence-electron chi connectivity index (χ4n) is 2.51. The molecule has 0 N–H and O–H groups in total. The van der Waals surface area contributed by atoms with Crippen molar-refractivity contribution < 1.29 is 0 Å². The molecule has 1 fully saturated rings. The van der Waals surface area contributed by atoms with Gasteiger partial charge in [0.05, 0.1) is 10.2 Å². The Hall–Kier alpha value is -1.07. The maximum absolute atomic E-state index is 6.23. The van der Waals surface area contributed by atoms with Crippen molar-refractivity contribution in [1.82, 2.24) is 19.9 Å². The van der Waals surface area contributed by atoms with Gasteiger partial charge in [0.25, 0.3) is 0 Å². The van der Waals surface area contributed by atoms with Crippen molar-refractivity contribution in [2.24, 2.45) is 0 Å². The molecule has 1 aliphatic carbocycles. The molecule has 20 heavy (non-hydrogen) atoms. The van der Waals surface area contributed by atoms with Gasteiger partial charge in [0.1, 0.15) is 5.15 Å². The summed E-state index contributed by atoms with van der Waals surface area (Å²) in [6.45, 7) is 1.95. The van der Waals surface area contributed by atoms with Crippen LogP contribution in [0.15, 0.2) is 16.9 Å². The number of aryl methyl sites for hydroxylation is 1. The molecule has 0 radical (unpaired) electrons. The summed E-state index contributed by atoms with van der Waals surface area (Å²) >= 11 is 9.74. The van der Waals surface area contributed by atoms with Crippen molar-refractivity contribution in [2.45, 2.75) is 38.5 Å². The van der Waals surface area contributed by atoms with E-state index in [0.29, 0.717) is 22.7 Å². The second-order valence-electron chi connectivity index (χ2n) is 5.10. The van der Waals surface area contributed by atoms with Gasteiger partial charge in [-0.2, -0.15) is 0 Å². The lowest BCUT2D eigenvalue weighted by atomic mass is 10.0. The quantitative estimate of drug-likeness (QED) is 0.755. The molecular formula is C14H14BrClN4. The zero-order chi connectivity index (χ0) is 14.1. The Morgan fingerprint density at radius 3 is 2.40 bits per heavy atom.